The Bertz CT molecular complexity index is 1900. The summed E-state index contributed by atoms with van der Waals surface area (Å²) < 4.78 is 7.77. The Morgan fingerprint density at radius 1 is 0.812 bits per heavy atom. The maximum atomic E-state index is 13.6. The van der Waals surface area contributed by atoms with Crippen LogP contribution in [-0.2, 0) is 12.2 Å². The molecule has 0 saturated carbocycles. The van der Waals surface area contributed by atoms with E-state index in [-0.39, 0.29) is 11.9 Å². The van der Waals surface area contributed by atoms with E-state index in [4.69, 9.17) is 9.72 Å². The Morgan fingerprint density at radius 3 is 2.10 bits per heavy atom. The minimum absolute atomic E-state index is 0.0135. The van der Waals surface area contributed by atoms with Crippen molar-refractivity contribution >= 4 is 29.0 Å². The van der Waals surface area contributed by atoms with Gasteiger partial charge < -0.3 is 9.64 Å². The minimum Gasteiger partial charge on any atom is -0.495 e. The average molecular weight is 673 g/mol. The van der Waals surface area contributed by atoms with Crippen LogP contribution < -0.4 is 4.74 Å². The summed E-state index contributed by atoms with van der Waals surface area (Å²) in [4.78, 5) is 22.8. The van der Waals surface area contributed by atoms with Gasteiger partial charge in [-0.15, -0.1) is 21.5 Å². The molecule has 0 radical (unpaired) electrons. The molecule has 0 spiro atoms. The van der Waals surface area contributed by atoms with Gasteiger partial charge >= 0.3 is 0 Å². The van der Waals surface area contributed by atoms with Crippen molar-refractivity contribution in [2.24, 2.45) is 0 Å². The molecule has 1 aliphatic heterocycles. The highest BCUT2D eigenvalue weighted by atomic mass is 32.2. The van der Waals surface area contributed by atoms with Crippen LogP contribution in [0.2, 0.25) is 0 Å². The standard InChI is InChI=1S/C38H36N6O2S2/c1-46-33-20-12-11-19-32(33)44-34(25-28-13-5-2-6-14-28)40-41-38(44)48-27-35-39-31(26-47-35)37(45)43-23-21-42(22-24-43)36(29-15-7-3-8-16-29)30-17-9-4-10-18-30/h2-20,26,36H,21-25,27H2,1H3. The first-order valence-corrected chi connectivity index (χ1v) is 17.9. The summed E-state index contributed by atoms with van der Waals surface area (Å²) in [7, 11) is 1.67. The summed E-state index contributed by atoms with van der Waals surface area (Å²) in [5.74, 6) is 2.12. The number of amides is 1. The number of methoxy groups -OCH3 is 1. The van der Waals surface area contributed by atoms with E-state index in [2.05, 4.69) is 92.5 Å². The van der Waals surface area contributed by atoms with Crippen LogP contribution in [-0.4, -0.2) is 68.7 Å². The predicted molar refractivity (Wildman–Crippen MR) is 191 cm³/mol. The van der Waals surface area contributed by atoms with Crippen molar-refractivity contribution in [3.05, 3.63) is 154 Å². The average Bonchev–Trinajstić information content (AvgIpc) is 3.79. The van der Waals surface area contributed by atoms with Crippen molar-refractivity contribution in [3.63, 3.8) is 0 Å². The summed E-state index contributed by atoms with van der Waals surface area (Å²) in [6.45, 7) is 2.89. The number of para-hydroxylation sites is 2. The Hall–Kier alpha value is -4.77. The largest absolute Gasteiger partial charge is 0.495 e. The third-order valence-electron chi connectivity index (χ3n) is 8.52. The first-order chi connectivity index (χ1) is 23.7. The molecule has 0 atom stereocenters. The molecule has 242 valence electrons. The second-order valence-corrected chi connectivity index (χ2v) is 13.4. The van der Waals surface area contributed by atoms with E-state index in [1.165, 1.54) is 22.5 Å². The molecule has 10 heteroatoms. The smallest absolute Gasteiger partial charge is 0.273 e. The molecule has 0 bridgehead atoms. The molecule has 1 saturated heterocycles. The Labute approximate surface area is 289 Å². The number of carbonyl (C=O) groups is 1. The van der Waals surface area contributed by atoms with Gasteiger partial charge in [-0.25, -0.2) is 4.98 Å². The molecule has 4 aromatic carbocycles. The van der Waals surface area contributed by atoms with Crippen molar-refractivity contribution < 1.29 is 9.53 Å². The van der Waals surface area contributed by atoms with E-state index < -0.39 is 0 Å². The minimum atomic E-state index is -0.0135. The molecule has 0 N–H and O–H groups in total. The number of ether oxygens (including phenoxy) is 1. The van der Waals surface area contributed by atoms with Crippen LogP contribution >= 0.6 is 23.1 Å². The quantitative estimate of drug-likeness (QED) is 0.135. The van der Waals surface area contributed by atoms with Crippen LogP contribution in [0.3, 0.4) is 0 Å². The lowest BCUT2D eigenvalue weighted by molar-refractivity contribution is 0.0592. The third-order valence-corrected chi connectivity index (χ3v) is 10.5. The van der Waals surface area contributed by atoms with E-state index in [0.29, 0.717) is 31.0 Å². The van der Waals surface area contributed by atoms with Gasteiger partial charge in [0.25, 0.3) is 5.91 Å². The van der Waals surface area contributed by atoms with Gasteiger partial charge in [0.05, 0.1) is 24.6 Å². The van der Waals surface area contributed by atoms with Crippen molar-refractivity contribution in [1.82, 2.24) is 29.5 Å². The van der Waals surface area contributed by atoms with Crippen LogP contribution in [0.4, 0.5) is 0 Å². The third kappa shape index (κ3) is 7.06. The number of piperazine rings is 1. The summed E-state index contributed by atoms with van der Waals surface area (Å²) in [6.07, 6.45) is 0.632. The van der Waals surface area contributed by atoms with E-state index in [9.17, 15) is 4.79 Å². The summed E-state index contributed by atoms with van der Waals surface area (Å²) in [6, 6.07) is 39.5. The van der Waals surface area contributed by atoms with Crippen LogP contribution in [0.25, 0.3) is 5.69 Å². The molecule has 0 aliphatic carbocycles. The number of thiazole rings is 1. The molecule has 1 aliphatic rings. The zero-order valence-corrected chi connectivity index (χ0v) is 28.3. The van der Waals surface area contributed by atoms with Gasteiger partial charge in [0.1, 0.15) is 22.3 Å². The fourth-order valence-electron chi connectivity index (χ4n) is 6.17. The highest BCUT2D eigenvalue weighted by molar-refractivity contribution is 7.98. The molecule has 6 aromatic rings. The van der Waals surface area contributed by atoms with Crippen LogP contribution in [0.5, 0.6) is 5.75 Å². The number of rotatable bonds is 11. The van der Waals surface area contributed by atoms with Gasteiger partial charge in [-0.2, -0.15) is 0 Å². The molecule has 48 heavy (non-hydrogen) atoms. The highest BCUT2D eigenvalue weighted by Crippen LogP contribution is 2.32. The summed E-state index contributed by atoms with van der Waals surface area (Å²) in [5, 5.41) is 12.7. The number of nitrogens with zero attached hydrogens (tertiary/aromatic N) is 6. The Balaban J connectivity index is 1.03. The molecular weight excluding hydrogens is 637 g/mol. The van der Waals surface area contributed by atoms with E-state index in [1.807, 2.05) is 52.7 Å². The lowest BCUT2D eigenvalue weighted by Crippen LogP contribution is -2.50. The van der Waals surface area contributed by atoms with E-state index >= 15 is 0 Å². The fourth-order valence-corrected chi connectivity index (χ4v) is 7.92. The van der Waals surface area contributed by atoms with Crippen molar-refractivity contribution in [2.45, 2.75) is 23.4 Å². The lowest BCUT2D eigenvalue weighted by Gasteiger charge is -2.39. The van der Waals surface area contributed by atoms with Gasteiger partial charge in [-0.3, -0.25) is 14.3 Å². The van der Waals surface area contributed by atoms with Gasteiger partial charge in [-0.1, -0.05) is 115 Å². The van der Waals surface area contributed by atoms with Gasteiger partial charge in [0.15, 0.2) is 5.16 Å². The molecule has 1 fully saturated rings. The number of carbonyl (C=O) groups excluding carboxylic acids is 1. The number of benzene rings is 4. The number of aromatic nitrogens is 4. The van der Waals surface area contributed by atoms with Crippen molar-refractivity contribution in [3.8, 4) is 11.4 Å². The van der Waals surface area contributed by atoms with Gasteiger partial charge in [-0.05, 0) is 28.8 Å². The maximum Gasteiger partial charge on any atom is 0.273 e. The van der Waals surface area contributed by atoms with Crippen LogP contribution in [0, 0.1) is 0 Å². The lowest BCUT2D eigenvalue weighted by atomic mass is 9.96. The second-order valence-electron chi connectivity index (χ2n) is 11.5. The van der Waals surface area contributed by atoms with Gasteiger partial charge in [0.2, 0.25) is 0 Å². The molecule has 7 rings (SSSR count). The van der Waals surface area contributed by atoms with E-state index in [1.54, 1.807) is 18.9 Å². The predicted octanol–water partition coefficient (Wildman–Crippen LogP) is 7.16. The highest BCUT2D eigenvalue weighted by Gasteiger charge is 2.29. The van der Waals surface area contributed by atoms with Crippen molar-refractivity contribution in [1.29, 1.82) is 0 Å². The molecule has 0 unspecified atom stereocenters. The maximum absolute atomic E-state index is 13.6. The fraction of sp³-hybridized carbons (Fsp3) is 0.211. The molecule has 2 aromatic heterocycles. The Kier molecular flexibility index (Phi) is 9.93. The first-order valence-electron chi connectivity index (χ1n) is 16.0. The topological polar surface area (TPSA) is 76.4 Å². The number of hydrogen-bond acceptors (Lipinski definition) is 8. The zero-order valence-electron chi connectivity index (χ0n) is 26.7. The van der Waals surface area contributed by atoms with Crippen LogP contribution in [0.15, 0.2) is 126 Å². The first kappa shape index (κ1) is 31.8. The second kappa shape index (κ2) is 15.0. The molecule has 3 heterocycles. The molecule has 8 nitrogen and oxygen atoms in total. The Morgan fingerprint density at radius 2 is 1.44 bits per heavy atom. The molecular formula is C38H36N6O2S2. The number of hydrogen-bond donors (Lipinski definition) is 0. The molecule has 1 amide bonds. The SMILES string of the molecule is COc1ccccc1-n1c(Cc2ccccc2)nnc1SCc1nc(C(=O)N2CCN(C(c3ccccc3)c3ccccc3)CC2)cs1. The van der Waals surface area contributed by atoms with Gasteiger partial charge in [0, 0.05) is 38.0 Å². The zero-order chi connectivity index (χ0) is 32.7. The summed E-state index contributed by atoms with van der Waals surface area (Å²) >= 11 is 3.06. The van der Waals surface area contributed by atoms with E-state index in [0.717, 1.165) is 46.1 Å². The number of thioether (sulfide) groups is 1. The summed E-state index contributed by atoms with van der Waals surface area (Å²) in [5.41, 5.74) is 5.06. The van der Waals surface area contributed by atoms with Crippen LogP contribution in [0.1, 0.15) is 44.1 Å². The van der Waals surface area contributed by atoms with Crippen molar-refractivity contribution in [2.75, 3.05) is 33.3 Å². The monoisotopic (exact) mass is 672 g/mol. The normalized spacial score (nSPS) is 13.6.